The van der Waals surface area contributed by atoms with E-state index >= 15 is 0 Å². The van der Waals surface area contributed by atoms with Gasteiger partial charge in [-0.25, -0.2) is 0 Å². The molecule has 1 aromatic carbocycles. The van der Waals surface area contributed by atoms with Gasteiger partial charge in [-0.15, -0.1) is 0 Å². The lowest BCUT2D eigenvalue weighted by atomic mass is 10.1. The molecule has 1 N–H and O–H groups in total. The first-order valence-corrected chi connectivity index (χ1v) is 9.07. The Balaban J connectivity index is 1.80. The highest BCUT2D eigenvalue weighted by Crippen LogP contribution is 2.14. The number of hydrogen-bond acceptors (Lipinski definition) is 4. The highest BCUT2D eigenvalue weighted by Gasteiger charge is 2.23. The second-order valence-corrected chi connectivity index (χ2v) is 6.40. The number of benzene rings is 1. The summed E-state index contributed by atoms with van der Waals surface area (Å²) in [4.78, 5) is 28.5. The highest BCUT2D eigenvalue weighted by atomic mass is 16.5. The van der Waals surface area contributed by atoms with Crippen molar-refractivity contribution < 1.29 is 14.3 Å². The second-order valence-electron chi connectivity index (χ2n) is 6.40. The minimum absolute atomic E-state index is 0.0340. The number of nitrogens with zero attached hydrogens (tertiary/aromatic N) is 2. The zero-order valence-electron chi connectivity index (χ0n) is 15.5. The van der Waals surface area contributed by atoms with Gasteiger partial charge >= 0.3 is 0 Å². The summed E-state index contributed by atoms with van der Waals surface area (Å²) in [7, 11) is 0. The third-order valence-electron chi connectivity index (χ3n) is 4.46. The van der Waals surface area contributed by atoms with E-state index in [1.165, 1.54) is 0 Å². The van der Waals surface area contributed by atoms with Crippen LogP contribution in [0, 0.1) is 0 Å². The van der Waals surface area contributed by atoms with Crippen molar-refractivity contribution >= 4 is 11.8 Å². The van der Waals surface area contributed by atoms with Crippen molar-refractivity contribution in [2.75, 3.05) is 39.3 Å². The van der Waals surface area contributed by atoms with Crippen LogP contribution in [0.15, 0.2) is 24.3 Å². The maximum absolute atomic E-state index is 12.6. The highest BCUT2D eigenvalue weighted by molar-refractivity contribution is 5.94. The lowest BCUT2D eigenvalue weighted by molar-refractivity contribution is -0.123. The van der Waals surface area contributed by atoms with E-state index in [-0.39, 0.29) is 17.9 Å². The summed E-state index contributed by atoms with van der Waals surface area (Å²) in [5.74, 6) is 0.864. The zero-order chi connectivity index (χ0) is 18.2. The van der Waals surface area contributed by atoms with Gasteiger partial charge in [-0.2, -0.15) is 0 Å². The number of carbonyl (C=O) groups is 2. The van der Waals surface area contributed by atoms with Gasteiger partial charge in [0.05, 0.1) is 13.2 Å². The molecule has 1 aromatic rings. The summed E-state index contributed by atoms with van der Waals surface area (Å²) in [6, 6.07) is 7.46. The van der Waals surface area contributed by atoms with Gasteiger partial charge in [-0.05, 0) is 44.5 Å². The monoisotopic (exact) mass is 347 g/mol. The Morgan fingerprint density at radius 3 is 2.32 bits per heavy atom. The number of carbonyl (C=O) groups excluding carboxylic acids is 2. The number of ether oxygens (including phenoxy) is 1. The first-order valence-electron chi connectivity index (χ1n) is 9.07. The summed E-state index contributed by atoms with van der Waals surface area (Å²) in [5, 5.41) is 2.98. The Morgan fingerprint density at radius 1 is 1.12 bits per heavy atom. The molecule has 6 nitrogen and oxygen atoms in total. The molecule has 0 saturated carbocycles. The van der Waals surface area contributed by atoms with E-state index in [1.54, 1.807) is 12.1 Å². The van der Waals surface area contributed by atoms with Crippen molar-refractivity contribution in [3.63, 3.8) is 0 Å². The Labute approximate surface area is 150 Å². The van der Waals surface area contributed by atoms with Gasteiger partial charge in [0.15, 0.2) is 0 Å². The van der Waals surface area contributed by atoms with Crippen LogP contribution in [-0.4, -0.2) is 67.0 Å². The minimum Gasteiger partial charge on any atom is -0.494 e. The Bertz CT molecular complexity index is 566. The molecule has 6 heteroatoms. The average Bonchev–Trinajstić information content (AvgIpc) is 2.62. The van der Waals surface area contributed by atoms with E-state index in [4.69, 9.17) is 4.74 Å². The molecule has 1 aliphatic rings. The van der Waals surface area contributed by atoms with E-state index in [0.29, 0.717) is 31.8 Å². The third kappa shape index (κ3) is 5.74. The van der Waals surface area contributed by atoms with E-state index in [9.17, 15) is 9.59 Å². The molecule has 1 unspecified atom stereocenters. The fourth-order valence-electron chi connectivity index (χ4n) is 2.78. The number of nitrogens with one attached hydrogen (secondary N) is 1. The molecule has 0 aliphatic carbocycles. The lowest BCUT2D eigenvalue weighted by Crippen LogP contribution is -2.51. The second kappa shape index (κ2) is 9.42. The molecule has 25 heavy (non-hydrogen) atoms. The van der Waals surface area contributed by atoms with Crippen LogP contribution in [0.2, 0.25) is 0 Å². The number of rotatable bonds is 7. The van der Waals surface area contributed by atoms with E-state index < -0.39 is 0 Å². The van der Waals surface area contributed by atoms with Crippen LogP contribution in [0.1, 0.15) is 37.6 Å². The van der Waals surface area contributed by atoms with Crippen molar-refractivity contribution in [3.05, 3.63) is 29.8 Å². The van der Waals surface area contributed by atoms with Gasteiger partial charge in [-0.3, -0.25) is 14.5 Å². The molecule has 0 radical (unpaired) electrons. The smallest absolute Gasteiger partial charge is 0.253 e. The zero-order valence-corrected chi connectivity index (χ0v) is 15.5. The molecule has 1 fully saturated rings. The van der Waals surface area contributed by atoms with Crippen LogP contribution in [0.3, 0.4) is 0 Å². The first kappa shape index (κ1) is 19.2. The predicted molar refractivity (Wildman–Crippen MR) is 97.9 cm³/mol. The molecule has 1 saturated heterocycles. The molecule has 0 aromatic heterocycles. The van der Waals surface area contributed by atoms with Crippen LogP contribution in [0.4, 0.5) is 0 Å². The number of amides is 2. The molecule has 0 bridgehead atoms. The summed E-state index contributed by atoms with van der Waals surface area (Å²) >= 11 is 0. The molecule has 2 rings (SSSR count). The third-order valence-corrected chi connectivity index (χ3v) is 4.46. The van der Waals surface area contributed by atoms with Crippen LogP contribution in [0.5, 0.6) is 5.75 Å². The molecular formula is C19H29N3O3. The Morgan fingerprint density at radius 2 is 1.76 bits per heavy atom. The summed E-state index contributed by atoms with van der Waals surface area (Å²) in [6.07, 6.45) is 0.927. The Hall–Kier alpha value is -2.08. The molecule has 1 heterocycles. The van der Waals surface area contributed by atoms with E-state index in [2.05, 4.69) is 17.1 Å². The van der Waals surface area contributed by atoms with Crippen LogP contribution in [0.25, 0.3) is 0 Å². The topological polar surface area (TPSA) is 61.9 Å². The van der Waals surface area contributed by atoms with Crippen molar-refractivity contribution in [1.29, 1.82) is 0 Å². The minimum atomic E-state index is 0.0340. The van der Waals surface area contributed by atoms with E-state index in [1.807, 2.05) is 30.9 Å². The molecule has 1 aliphatic heterocycles. The van der Waals surface area contributed by atoms with Gasteiger partial charge in [0, 0.05) is 37.8 Å². The summed E-state index contributed by atoms with van der Waals surface area (Å²) < 4.78 is 5.40. The van der Waals surface area contributed by atoms with Crippen LogP contribution >= 0.6 is 0 Å². The lowest BCUT2D eigenvalue weighted by Gasteiger charge is -2.34. The molecule has 138 valence electrons. The van der Waals surface area contributed by atoms with Gasteiger partial charge in [0.1, 0.15) is 5.75 Å². The fraction of sp³-hybridized carbons (Fsp3) is 0.579. The molecule has 0 spiro atoms. The maximum Gasteiger partial charge on any atom is 0.253 e. The van der Waals surface area contributed by atoms with E-state index in [0.717, 1.165) is 25.3 Å². The molecular weight excluding hydrogens is 318 g/mol. The quantitative estimate of drug-likeness (QED) is 0.816. The van der Waals surface area contributed by atoms with Gasteiger partial charge in [0.2, 0.25) is 5.91 Å². The molecule has 2 amide bonds. The maximum atomic E-state index is 12.6. The van der Waals surface area contributed by atoms with Crippen molar-refractivity contribution in [2.45, 2.75) is 33.2 Å². The van der Waals surface area contributed by atoms with Crippen molar-refractivity contribution in [1.82, 2.24) is 15.1 Å². The normalized spacial score (nSPS) is 16.4. The van der Waals surface area contributed by atoms with Crippen LogP contribution < -0.4 is 10.1 Å². The van der Waals surface area contributed by atoms with Crippen molar-refractivity contribution in [2.24, 2.45) is 0 Å². The SMILES string of the molecule is CCOc1ccc(C(=O)N2CCN(CC(=O)NC(C)CC)CC2)cc1. The first-order chi connectivity index (χ1) is 12.0. The Kier molecular flexibility index (Phi) is 7.25. The largest absolute Gasteiger partial charge is 0.494 e. The number of hydrogen-bond donors (Lipinski definition) is 1. The summed E-state index contributed by atoms with van der Waals surface area (Å²) in [5.41, 5.74) is 0.673. The van der Waals surface area contributed by atoms with Crippen LogP contribution in [-0.2, 0) is 4.79 Å². The molecule has 1 atom stereocenters. The summed E-state index contributed by atoms with van der Waals surface area (Å²) in [6.45, 7) is 9.72. The average molecular weight is 347 g/mol. The predicted octanol–water partition coefficient (Wildman–Crippen LogP) is 1.76. The standard InChI is InChI=1S/C19H29N3O3/c1-4-15(3)20-18(23)14-21-10-12-22(13-11-21)19(24)16-6-8-17(9-7-16)25-5-2/h6-9,15H,4-5,10-14H2,1-3H3,(H,20,23). The van der Waals surface area contributed by atoms with Gasteiger partial charge < -0.3 is 15.0 Å². The fourth-order valence-corrected chi connectivity index (χ4v) is 2.78. The van der Waals surface area contributed by atoms with Gasteiger partial charge in [0.25, 0.3) is 5.91 Å². The van der Waals surface area contributed by atoms with Crippen molar-refractivity contribution in [3.8, 4) is 5.75 Å². The number of piperazine rings is 1. The van der Waals surface area contributed by atoms with Gasteiger partial charge in [-0.1, -0.05) is 6.92 Å².